The van der Waals surface area contributed by atoms with Crippen molar-refractivity contribution in [2.75, 3.05) is 31.1 Å². The average molecular weight is 509 g/mol. The Balaban J connectivity index is 1.28. The minimum Gasteiger partial charge on any atom is -0.337 e. The molecule has 1 fully saturated rings. The molecule has 0 aliphatic carbocycles. The Bertz CT molecular complexity index is 1280. The number of nitrogens with zero attached hydrogens (tertiary/aromatic N) is 9. The van der Waals surface area contributed by atoms with Crippen LogP contribution in [-0.2, 0) is 0 Å². The first kappa shape index (κ1) is 23.8. The number of piperazine rings is 1. The molecule has 0 radical (unpaired) electrons. The van der Waals surface area contributed by atoms with Crippen LogP contribution in [0.2, 0.25) is 0 Å². The smallest absolute Gasteiger partial charge is 0.337 e. The highest BCUT2D eigenvalue weighted by atomic mass is 31.0. The van der Waals surface area contributed by atoms with E-state index in [0.29, 0.717) is 44.4 Å². The Morgan fingerprint density at radius 3 is 2.37 bits per heavy atom. The summed E-state index contributed by atoms with van der Waals surface area (Å²) in [4.78, 5) is 31.1. The molecule has 3 aromatic rings. The minimum absolute atomic E-state index is 0.0675. The van der Waals surface area contributed by atoms with Crippen LogP contribution in [0, 0.1) is 20.8 Å². The predicted molar refractivity (Wildman–Crippen MR) is 143 cm³/mol. The van der Waals surface area contributed by atoms with E-state index in [1.165, 1.54) is 0 Å². The molecule has 0 saturated carbocycles. The van der Waals surface area contributed by atoms with Crippen molar-refractivity contribution in [2.45, 2.75) is 33.2 Å². The van der Waals surface area contributed by atoms with E-state index >= 15 is 0 Å². The SMILES string of the molecule is Cc1nc(C)n(-c2nc(N3CCN(C(=O)N4N=CCC4c4cc(P)cc(P)c4)CC3)ncc2C)n1. The molecule has 0 N–H and O–H groups in total. The van der Waals surface area contributed by atoms with Crippen molar-refractivity contribution in [3.05, 3.63) is 47.2 Å². The quantitative estimate of drug-likeness (QED) is 0.499. The zero-order valence-corrected chi connectivity index (χ0v) is 22.4. The number of benzene rings is 1. The van der Waals surface area contributed by atoms with Gasteiger partial charge in [0.2, 0.25) is 5.95 Å². The second-order valence-corrected chi connectivity index (χ2v) is 10.2. The number of hydrogen-bond acceptors (Lipinski definition) is 7. The lowest BCUT2D eigenvalue weighted by Gasteiger charge is -2.37. The summed E-state index contributed by atoms with van der Waals surface area (Å²) in [6.07, 6.45) is 4.35. The molecule has 2 amide bonds. The van der Waals surface area contributed by atoms with E-state index in [2.05, 4.69) is 61.7 Å². The number of urea groups is 1. The van der Waals surface area contributed by atoms with Gasteiger partial charge in [-0.15, -0.1) is 23.6 Å². The number of hydrazone groups is 1. The van der Waals surface area contributed by atoms with Gasteiger partial charge in [0.05, 0.1) is 6.04 Å². The average Bonchev–Trinajstić information content (AvgIpc) is 3.44. The largest absolute Gasteiger partial charge is 0.341 e. The zero-order valence-electron chi connectivity index (χ0n) is 20.1. The fourth-order valence-electron chi connectivity index (χ4n) is 4.53. The summed E-state index contributed by atoms with van der Waals surface area (Å²) in [5.74, 6) is 2.85. The van der Waals surface area contributed by atoms with E-state index in [0.717, 1.165) is 33.4 Å². The monoisotopic (exact) mass is 509 g/mol. The van der Waals surface area contributed by atoms with Gasteiger partial charge in [-0.3, -0.25) is 0 Å². The van der Waals surface area contributed by atoms with E-state index in [4.69, 9.17) is 4.98 Å². The highest BCUT2D eigenvalue weighted by Gasteiger charge is 2.33. The summed E-state index contributed by atoms with van der Waals surface area (Å²) in [6, 6.07) is 6.12. The lowest BCUT2D eigenvalue weighted by atomic mass is 10.0. The van der Waals surface area contributed by atoms with Crippen molar-refractivity contribution in [3.63, 3.8) is 0 Å². The fraction of sp³-hybridized carbons (Fsp3) is 0.391. The van der Waals surface area contributed by atoms with Crippen LogP contribution >= 0.6 is 18.5 Å². The lowest BCUT2D eigenvalue weighted by molar-refractivity contribution is 0.139. The predicted octanol–water partition coefficient (Wildman–Crippen LogP) is 1.66. The second kappa shape index (κ2) is 9.59. The lowest BCUT2D eigenvalue weighted by Crippen LogP contribution is -2.52. The van der Waals surface area contributed by atoms with Gasteiger partial charge in [0.1, 0.15) is 11.6 Å². The van der Waals surface area contributed by atoms with Gasteiger partial charge in [-0.25, -0.2) is 19.8 Å². The maximum Gasteiger partial charge on any atom is 0.341 e. The molecule has 3 unspecified atom stereocenters. The van der Waals surface area contributed by atoms with Crippen molar-refractivity contribution < 1.29 is 4.79 Å². The van der Waals surface area contributed by atoms with Crippen LogP contribution < -0.4 is 15.5 Å². The van der Waals surface area contributed by atoms with E-state index in [1.54, 1.807) is 9.69 Å². The van der Waals surface area contributed by atoms with Crippen molar-refractivity contribution in [1.29, 1.82) is 0 Å². The molecule has 2 aromatic heterocycles. The topological polar surface area (TPSA) is 95.6 Å². The van der Waals surface area contributed by atoms with E-state index in [1.807, 2.05) is 38.1 Å². The highest BCUT2D eigenvalue weighted by Crippen LogP contribution is 2.29. The summed E-state index contributed by atoms with van der Waals surface area (Å²) < 4.78 is 1.76. The van der Waals surface area contributed by atoms with E-state index in [-0.39, 0.29) is 12.1 Å². The number of rotatable bonds is 3. The molecular weight excluding hydrogens is 480 g/mol. The van der Waals surface area contributed by atoms with Gasteiger partial charge in [0, 0.05) is 50.6 Å². The van der Waals surface area contributed by atoms with Crippen molar-refractivity contribution in [2.24, 2.45) is 5.10 Å². The molecule has 0 bridgehead atoms. The third-order valence-corrected chi connectivity index (χ3v) is 6.92. The van der Waals surface area contributed by atoms with Crippen molar-refractivity contribution in [3.8, 4) is 5.82 Å². The molecular formula is C23H29N9OP2. The van der Waals surface area contributed by atoms with Gasteiger partial charge in [-0.1, -0.05) is 0 Å². The standard InChI is InChI=1S/C23H29N9OP2/c1-14-13-24-22(27-21(14)31-16(3)26-15(2)28-31)29-6-8-30(9-7-29)23(33)32-20(4-5-25-32)17-10-18(34)12-19(35)11-17/h5,10-13,20H,4,6-9,34-35H2,1-3H3. The maximum atomic E-state index is 13.4. The first-order chi connectivity index (χ1) is 16.8. The molecule has 10 nitrogen and oxygen atoms in total. The zero-order chi connectivity index (χ0) is 24.7. The molecule has 182 valence electrons. The Kier molecular flexibility index (Phi) is 6.51. The van der Waals surface area contributed by atoms with Gasteiger partial charge in [-0.2, -0.15) is 14.8 Å². The van der Waals surface area contributed by atoms with Crippen LogP contribution in [-0.4, -0.2) is 73.1 Å². The Hall–Kier alpha value is -2.96. The first-order valence-corrected chi connectivity index (χ1v) is 12.7. The molecule has 4 heterocycles. The molecule has 5 rings (SSSR count). The molecule has 1 saturated heterocycles. The van der Waals surface area contributed by atoms with Crippen molar-refractivity contribution in [1.82, 2.24) is 34.6 Å². The third kappa shape index (κ3) is 4.78. The van der Waals surface area contributed by atoms with E-state index < -0.39 is 0 Å². The number of aryl methyl sites for hydroxylation is 3. The summed E-state index contributed by atoms with van der Waals surface area (Å²) in [5.41, 5.74) is 2.02. The minimum atomic E-state index is -0.0855. The van der Waals surface area contributed by atoms with Gasteiger partial charge in [-0.05, 0) is 55.1 Å². The van der Waals surface area contributed by atoms with Crippen LogP contribution in [0.5, 0.6) is 0 Å². The second-order valence-electron chi connectivity index (χ2n) is 8.88. The molecule has 12 heteroatoms. The molecule has 3 atom stereocenters. The fourth-order valence-corrected chi connectivity index (χ4v) is 5.49. The van der Waals surface area contributed by atoms with Crippen LogP contribution in [0.1, 0.15) is 35.2 Å². The van der Waals surface area contributed by atoms with E-state index in [9.17, 15) is 4.79 Å². The summed E-state index contributed by atoms with van der Waals surface area (Å²) in [5, 5.41) is 12.7. The van der Waals surface area contributed by atoms with Gasteiger partial charge < -0.3 is 9.80 Å². The first-order valence-electron chi connectivity index (χ1n) is 11.6. The summed E-state index contributed by atoms with van der Waals surface area (Å²) in [6.45, 7) is 8.17. The number of amides is 2. The summed E-state index contributed by atoms with van der Waals surface area (Å²) >= 11 is 0. The normalized spacial score (nSPS) is 18.0. The number of hydrogen-bond donors (Lipinski definition) is 0. The van der Waals surface area contributed by atoms with Crippen LogP contribution in [0.25, 0.3) is 5.82 Å². The Morgan fingerprint density at radius 2 is 1.71 bits per heavy atom. The molecule has 35 heavy (non-hydrogen) atoms. The Labute approximate surface area is 209 Å². The van der Waals surface area contributed by atoms with Gasteiger partial charge in [0.15, 0.2) is 5.82 Å². The molecule has 1 aromatic carbocycles. The van der Waals surface area contributed by atoms with Crippen LogP contribution in [0.4, 0.5) is 10.7 Å². The molecule has 2 aliphatic rings. The maximum absolute atomic E-state index is 13.4. The van der Waals surface area contributed by atoms with Gasteiger partial charge >= 0.3 is 6.03 Å². The molecule has 0 spiro atoms. The number of carbonyl (C=O) groups is 1. The van der Waals surface area contributed by atoms with Crippen LogP contribution in [0.15, 0.2) is 29.5 Å². The third-order valence-electron chi connectivity index (χ3n) is 6.25. The van der Waals surface area contributed by atoms with Crippen molar-refractivity contribution >= 4 is 47.3 Å². The number of carbonyl (C=O) groups excluding carboxylic acids is 1. The highest BCUT2D eigenvalue weighted by molar-refractivity contribution is 7.29. The Morgan fingerprint density at radius 1 is 1.00 bits per heavy atom. The summed E-state index contributed by atoms with van der Waals surface area (Å²) in [7, 11) is 5.46. The van der Waals surface area contributed by atoms with Gasteiger partial charge in [0.25, 0.3) is 0 Å². The molecule has 2 aliphatic heterocycles. The number of anilines is 1. The number of aromatic nitrogens is 5. The van der Waals surface area contributed by atoms with Crippen LogP contribution in [0.3, 0.4) is 0 Å².